The van der Waals surface area contributed by atoms with Gasteiger partial charge in [0.2, 0.25) is 0 Å². The third-order valence-corrected chi connectivity index (χ3v) is 5.02. The number of hydrogen-bond donors (Lipinski definition) is 2. The predicted molar refractivity (Wildman–Crippen MR) is 122 cm³/mol. The highest BCUT2D eigenvalue weighted by Gasteiger charge is 2.14. The fourth-order valence-corrected chi connectivity index (χ4v) is 3.40. The molecule has 6 nitrogen and oxygen atoms in total. The molecule has 0 spiro atoms. The molecular weight excluding hydrogens is 414 g/mol. The fraction of sp³-hybridized carbons (Fsp3) is 0.0417. The number of hydrazone groups is 1. The Balaban J connectivity index is 1.67. The van der Waals surface area contributed by atoms with Gasteiger partial charge in [0.1, 0.15) is 0 Å². The van der Waals surface area contributed by atoms with E-state index in [1.54, 1.807) is 24.3 Å². The number of fused-ring (bicyclic) bond motifs is 1. The van der Waals surface area contributed by atoms with Gasteiger partial charge in [0.25, 0.3) is 5.91 Å². The molecule has 1 aromatic heterocycles. The molecule has 0 saturated heterocycles. The number of nitrogens with zero attached hydrogens (tertiary/aromatic N) is 2. The van der Waals surface area contributed by atoms with Crippen LogP contribution in [0.3, 0.4) is 0 Å². The molecule has 4 rings (SSSR count). The van der Waals surface area contributed by atoms with Gasteiger partial charge < -0.3 is 9.84 Å². The molecule has 1 heterocycles. The maximum atomic E-state index is 12.9. The molecule has 1 amide bonds. The van der Waals surface area contributed by atoms with Crippen LogP contribution in [0.4, 0.5) is 0 Å². The van der Waals surface area contributed by atoms with E-state index in [1.165, 1.54) is 19.4 Å². The van der Waals surface area contributed by atoms with Gasteiger partial charge >= 0.3 is 0 Å². The summed E-state index contributed by atoms with van der Waals surface area (Å²) in [5, 5.41) is 15.0. The van der Waals surface area contributed by atoms with Gasteiger partial charge in [-0.15, -0.1) is 0 Å². The minimum absolute atomic E-state index is 0.0269. The Kier molecular flexibility index (Phi) is 5.82. The van der Waals surface area contributed by atoms with Crippen molar-refractivity contribution in [2.75, 3.05) is 7.11 Å². The van der Waals surface area contributed by atoms with Crippen molar-refractivity contribution in [1.82, 2.24) is 10.4 Å². The Hall–Kier alpha value is -3.90. The van der Waals surface area contributed by atoms with Crippen LogP contribution >= 0.6 is 11.6 Å². The first kappa shape index (κ1) is 20.4. The number of halogens is 1. The zero-order chi connectivity index (χ0) is 21.8. The van der Waals surface area contributed by atoms with E-state index < -0.39 is 0 Å². The number of hydrogen-bond acceptors (Lipinski definition) is 5. The van der Waals surface area contributed by atoms with E-state index in [0.29, 0.717) is 38.5 Å². The summed E-state index contributed by atoms with van der Waals surface area (Å²) in [5.41, 5.74) is 5.66. The van der Waals surface area contributed by atoms with E-state index >= 15 is 0 Å². The summed E-state index contributed by atoms with van der Waals surface area (Å²) in [5.74, 6) is -0.0345. The minimum Gasteiger partial charge on any atom is -0.504 e. The number of carbonyl (C=O) groups is 1. The maximum absolute atomic E-state index is 12.9. The van der Waals surface area contributed by atoms with E-state index in [4.69, 9.17) is 16.3 Å². The third kappa shape index (κ3) is 4.34. The molecule has 4 aromatic rings. The molecule has 0 atom stereocenters. The Morgan fingerprint density at radius 1 is 1.10 bits per heavy atom. The minimum atomic E-state index is -0.381. The molecule has 31 heavy (non-hydrogen) atoms. The van der Waals surface area contributed by atoms with Crippen LogP contribution in [0.15, 0.2) is 77.9 Å². The standard InChI is InChI=1S/C24H18ClN3O3/c1-31-23-12-15(10-11-22(23)29)14-26-28-24(30)18-13-21(17-7-2-4-8-19(17)25)27-20-9-5-3-6-16(18)20/h2-14,29H,1H3,(H,28,30)/b26-14+. The molecule has 7 heteroatoms. The number of aromatic nitrogens is 1. The number of rotatable bonds is 5. The highest BCUT2D eigenvalue weighted by Crippen LogP contribution is 2.30. The number of ether oxygens (including phenoxy) is 1. The second-order valence-corrected chi connectivity index (χ2v) is 7.09. The van der Waals surface area contributed by atoms with Crippen LogP contribution in [0, 0.1) is 0 Å². The second kappa shape index (κ2) is 8.85. The zero-order valence-corrected chi connectivity index (χ0v) is 17.3. The highest BCUT2D eigenvalue weighted by atomic mass is 35.5. The Morgan fingerprint density at radius 3 is 2.68 bits per heavy atom. The van der Waals surface area contributed by atoms with Gasteiger partial charge in [-0.3, -0.25) is 4.79 Å². The molecule has 0 aliphatic carbocycles. The van der Waals surface area contributed by atoms with Crippen molar-refractivity contribution in [2.45, 2.75) is 0 Å². The molecule has 0 saturated carbocycles. The molecule has 0 aliphatic rings. The lowest BCUT2D eigenvalue weighted by Gasteiger charge is -2.10. The molecule has 0 aliphatic heterocycles. The molecule has 2 N–H and O–H groups in total. The van der Waals surface area contributed by atoms with Crippen molar-refractivity contribution >= 4 is 34.6 Å². The molecular formula is C24H18ClN3O3. The third-order valence-electron chi connectivity index (χ3n) is 4.69. The van der Waals surface area contributed by atoms with Crippen LogP contribution in [0.2, 0.25) is 5.02 Å². The van der Waals surface area contributed by atoms with Gasteiger partial charge in [0.15, 0.2) is 11.5 Å². The number of phenolic OH excluding ortho intramolecular Hbond substituents is 1. The van der Waals surface area contributed by atoms with E-state index in [9.17, 15) is 9.90 Å². The van der Waals surface area contributed by atoms with E-state index in [0.717, 1.165) is 5.56 Å². The van der Waals surface area contributed by atoms with Crippen molar-refractivity contribution in [3.05, 3.63) is 88.9 Å². The fourth-order valence-electron chi connectivity index (χ4n) is 3.17. The molecule has 154 valence electrons. The first-order valence-corrected chi connectivity index (χ1v) is 9.79. The number of benzene rings is 3. The number of para-hydroxylation sites is 1. The van der Waals surface area contributed by atoms with Crippen LogP contribution < -0.4 is 10.2 Å². The van der Waals surface area contributed by atoms with Crippen LogP contribution in [0.5, 0.6) is 11.5 Å². The van der Waals surface area contributed by atoms with Crippen molar-refractivity contribution in [3.8, 4) is 22.8 Å². The topological polar surface area (TPSA) is 83.8 Å². The van der Waals surface area contributed by atoms with E-state index in [2.05, 4.69) is 15.5 Å². The largest absolute Gasteiger partial charge is 0.504 e. The summed E-state index contributed by atoms with van der Waals surface area (Å²) in [6.45, 7) is 0. The van der Waals surface area contributed by atoms with Gasteiger partial charge in [-0.2, -0.15) is 5.10 Å². The number of methoxy groups -OCH3 is 1. The molecule has 0 fully saturated rings. The molecule has 0 bridgehead atoms. The number of carbonyl (C=O) groups excluding carboxylic acids is 1. The summed E-state index contributed by atoms with van der Waals surface area (Å²) in [6, 6.07) is 21.2. The predicted octanol–water partition coefficient (Wildman–Crippen LogP) is 5.03. The van der Waals surface area contributed by atoms with E-state index in [-0.39, 0.29) is 11.7 Å². The summed E-state index contributed by atoms with van der Waals surface area (Å²) in [6.07, 6.45) is 1.47. The molecule has 0 unspecified atom stereocenters. The van der Waals surface area contributed by atoms with Crippen molar-refractivity contribution in [3.63, 3.8) is 0 Å². The van der Waals surface area contributed by atoms with E-state index in [1.807, 2.05) is 42.5 Å². The average molecular weight is 432 g/mol. The monoisotopic (exact) mass is 431 g/mol. The van der Waals surface area contributed by atoms with Crippen LogP contribution in [-0.2, 0) is 0 Å². The van der Waals surface area contributed by atoms with Crippen molar-refractivity contribution in [2.24, 2.45) is 5.10 Å². The first-order valence-electron chi connectivity index (χ1n) is 9.42. The lowest BCUT2D eigenvalue weighted by atomic mass is 10.0. The number of pyridine rings is 1. The number of nitrogens with one attached hydrogen (secondary N) is 1. The SMILES string of the molecule is COc1cc(/C=N/NC(=O)c2cc(-c3ccccc3Cl)nc3ccccc23)ccc1O. The molecule has 0 radical (unpaired) electrons. The van der Waals surface area contributed by atoms with Crippen molar-refractivity contribution < 1.29 is 14.6 Å². The summed E-state index contributed by atoms with van der Waals surface area (Å²) < 4.78 is 5.08. The van der Waals surface area contributed by atoms with Gasteiger partial charge in [-0.25, -0.2) is 10.4 Å². The van der Waals surface area contributed by atoms with Gasteiger partial charge in [-0.1, -0.05) is 48.0 Å². The zero-order valence-electron chi connectivity index (χ0n) is 16.5. The van der Waals surface area contributed by atoms with Crippen molar-refractivity contribution in [1.29, 1.82) is 0 Å². The lowest BCUT2D eigenvalue weighted by molar-refractivity contribution is 0.0956. The van der Waals surface area contributed by atoms with Gasteiger partial charge in [0.05, 0.1) is 30.1 Å². The first-order chi connectivity index (χ1) is 15.1. The van der Waals surface area contributed by atoms with Gasteiger partial charge in [-0.05, 0) is 42.0 Å². The second-order valence-electron chi connectivity index (χ2n) is 6.68. The summed E-state index contributed by atoms with van der Waals surface area (Å²) >= 11 is 6.34. The number of amides is 1. The number of phenols is 1. The average Bonchev–Trinajstić information content (AvgIpc) is 2.79. The summed E-state index contributed by atoms with van der Waals surface area (Å²) in [4.78, 5) is 17.6. The highest BCUT2D eigenvalue weighted by molar-refractivity contribution is 6.33. The Bertz CT molecular complexity index is 1300. The maximum Gasteiger partial charge on any atom is 0.272 e. The summed E-state index contributed by atoms with van der Waals surface area (Å²) in [7, 11) is 1.46. The van der Waals surface area contributed by atoms with Gasteiger partial charge in [0, 0.05) is 16.0 Å². The van der Waals surface area contributed by atoms with Crippen LogP contribution in [-0.4, -0.2) is 29.3 Å². The number of aromatic hydroxyl groups is 1. The quantitative estimate of drug-likeness (QED) is 0.343. The normalized spacial score (nSPS) is 11.0. The van der Waals surface area contributed by atoms with Crippen LogP contribution in [0.1, 0.15) is 15.9 Å². The smallest absolute Gasteiger partial charge is 0.272 e. The lowest BCUT2D eigenvalue weighted by Crippen LogP contribution is -2.18. The Morgan fingerprint density at radius 2 is 1.87 bits per heavy atom. The Labute approximate surface area is 183 Å². The molecule has 3 aromatic carbocycles. The van der Waals surface area contributed by atoms with Crippen LogP contribution in [0.25, 0.3) is 22.2 Å².